The number of hydrogen-bond donors (Lipinski definition) is 3. The Kier molecular flexibility index (Phi) is 6.46. The van der Waals surface area contributed by atoms with E-state index in [1.807, 2.05) is 20.8 Å². The topological polar surface area (TPSA) is 122 Å². The fraction of sp³-hybridized carbons (Fsp3) is 0.870. The number of aliphatic hydroxyl groups is 1. The number of ether oxygens (including phenoxy) is 1. The lowest BCUT2D eigenvalue weighted by atomic mass is 9.86. The van der Waals surface area contributed by atoms with Gasteiger partial charge in [0.15, 0.2) is 6.10 Å². The second-order valence-corrected chi connectivity index (χ2v) is 11.2. The van der Waals surface area contributed by atoms with Crippen LogP contribution in [0.25, 0.3) is 0 Å². The van der Waals surface area contributed by atoms with Crippen molar-refractivity contribution in [3.63, 3.8) is 0 Å². The van der Waals surface area contributed by atoms with E-state index in [9.17, 15) is 19.5 Å². The third-order valence-electron chi connectivity index (χ3n) is 7.48. The molecule has 31 heavy (non-hydrogen) atoms. The van der Waals surface area contributed by atoms with E-state index < -0.39 is 35.6 Å². The van der Waals surface area contributed by atoms with Crippen LogP contribution < -0.4 is 11.1 Å². The third-order valence-corrected chi connectivity index (χ3v) is 7.48. The van der Waals surface area contributed by atoms with Crippen LogP contribution in [-0.2, 0) is 19.1 Å². The highest BCUT2D eigenvalue weighted by atomic mass is 16.5. The van der Waals surface area contributed by atoms with Gasteiger partial charge in [0, 0.05) is 6.54 Å². The molecule has 0 radical (unpaired) electrons. The Bertz CT molecular complexity index is 727. The first-order valence-corrected chi connectivity index (χ1v) is 11.5. The number of aliphatic hydroxyl groups excluding tert-OH is 1. The first kappa shape index (κ1) is 24.0. The summed E-state index contributed by atoms with van der Waals surface area (Å²) in [6.45, 7) is 12.3. The lowest BCUT2D eigenvalue weighted by molar-refractivity contribution is -0.155. The SMILES string of the molecule is CCOC(=O)C(O)C(CC1CC1)NC(=O)[C@@H]1[C@@H]2[C@H](CN1C(=O)[C@@H](N)C(C)(C)C)C2(C)C. The predicted octanol–water partition coefficient (Wildman–Crippen LogP) is 1.05. The zero-order chi connectivity index (χ0) is 23.3. The Morgan fingerprint density at radius 1 is 1.26 bits per heavy atom. The van der Waals surface area contributed by atoms with Gasteiger partial charge in [-0.2, -0.15) is 0 Å². The number of rotatable bonds is 8. The molecule has 6 atom stereocenters. The largest absolute Gasteiger partial charge is 0.464 e. The van der Waals surface area contributed by atoms with Crippen LogP contribution in [0.4, 0.5) is 0 Å². The van der Waals surface area contributed by atoms with Gasteiger partial charge in [-0.25, -0.2) is 4.79 Å². The maximum Gasteiger partial charge on any atom is 0.337 e. The van der Waals surface area contributed by atoms with Crippen LogP contribution in [0.2, 0.25) is 0 Å². The van der Waals surface area contributed by atoms with E-state index in [1.165, 1.54) is 0 Å². The average molecular weight is 438 g/mol. The summed E-state index contributed by atoms with van der Waals surface area (Å²) in [6.07, 6.45) is 1.14. The molecule has 0 aromatic heterocycles. The number of hydrogen-bond acceptors (Lipinski definition) is 6. The smallest absolute Gasteiger partial charge is 0.337 e. The van der Waals surface area contributed by atoms with E-state index in [0.29, 0.717) is 18.9 Å². The Morgan fingerprint density at radius 3 is 2.39 bits per heavy atom. The molecule has 0 bridgehead atoms. The van der Waals surface area contributed by atoms with Crippen molar-refractivity contribution in [1.82, 2.24) is 10.2 Å². The van der Waals surface area contributed by atoms with Crippen LogP contribution in [0, 0.1) is 28.6 Å². The number of amides is 2. The average Bonchev–Trinajstić information content (AvgIpc) is 3.52. The molecule has 3 fully saturated rings. The fourth-order valence-electron chi connectivity index (χ4n) is 5.00. The van der Waals surface area contributed by atoms with E-state index >= 15 is 0 Å². The molecule has 176 valence electrons. The minimum Gasteiger partial charge on any atom is -0.464 e. The van der Waals surface area contributed by atoms with Gasteiger partial charge >= 0.3 is 5.97 Å². The van der Waals surface area contributed by atoms with Crippen molar-refractivity contribution in [2.45, 2.75) is 85.0 Å². The van der Waals surface area contributed by atoms with E-state index in [2.05, 4.69) is 19.2 Å². The summed E-state index contributed by atoms with van der Waals surface area (Å²) in [5.41, 5.74) is 5.78. The maximum atomic E-state index is 13.4. The number of carbonyl (C=O) groups is 3. The molecule has 8 nitrogen and oxygen atoms in total. The van der Waals surface area contributed by atoms with Gasteiger partial charge in [-0.15, -0.1) is 0 Å². The second kappa shape index (κ2) is 8.35. The summed E-state index contributed by atoms with van der Waals surface area (Å²) < 4.78 is 4.96. The van der Waals surface area contributed by atoms with Crippen molar-refractivity contribution in [1.29, 1.82) is 0 Å². The second-order valence-electron chi connectivity index (χ2n) is 11.2. The minimum atomic E-state index is -1.42. The van der Waals surface area contributed by atoms with Gasteiger partial charge in [-0.3, -0.25) is 9.59 Å². The fourth-order valence-corrected chi connectivity index (χ4v) is 5.00. The zero-order valence-electron chi connectivity index (χ0n) is 19.7. The van der Waals surface area contributed by atoms with Gasteiger partial charge in [-0.05, 0) is 41.9 Å². The van der Waals surface area contributed by atoms with Gasteiger partial charge in [0.1, 0.15) is 6.04 Å². The monoisotopic (exact) mass is 437 g/mol. The van der Waals surface area contributed by atoms with Gasteiger partial charge in [-0.1, -0.05) is 47.5 Å². The van der Waals surface area contributed by atoms with Gasteiger partial charge in [0.05, 0.1) is 18.7 Å². The summed E-state index contributed by atoms with van der Waals surface area (Å²) in [5.74, 6) is -0.592. The first-order valence-electron chi connectivity index (χ1n) is 11.5. The first-order chi connectivity index (χ1) is 14.3. The molecule has 0 aromatic carbocycles. The molecule has 0 aromatic rings. The number of nitrogens with zero attached hydrogens (tertiary/aromatic N) is 1. The van der Waals surface area contributed by atoms with E-state index in [0.717, 1.165) is 12.8 Å². The lowest BCUT2D eigenvalue weighted by Gasteiger charge is -2.36. The number of nitrogens with two attached hydrogens (primary N) is 1. The summed E-state index contributed by atoms with van der Waals surface area (Å²) in [4.78, 5) is 40.4. The molecule has 0 spiro atoms. The third kappa shape index (κ3) is 4.75. The van der Waals surface area contributed by atoms with Crippen molar-refractivity contribution in [3.05, 3.63) is 0 Å². The molecule has 4 N–H and O–H groups in total. The molecule has 8 heteroatoms. The molecular formula is C23H39N3O5. The van der Waals surface area contributed by atoms with Crippen molar-refractivity contribution >= 4 is 17.8 Å². The molecule has 3 rings (SSSR count). The van der Waals surface area contributed by atoms with Crippen molar-refractivity contribution in [2.24, 2.45) is 34.3 Å². The molecule has 2 unspecified atom stereocenters. The van der Waals surface area contributed by atoms with E-state index in [1.54, 1.807) is 11.8 Å². The molecule has 2 saturated carbocycles. The summed E-state index contributed by atoms with van der Waals surface area (Å²) in [7, 11) is 0. The Morgan fingerprint density at radius 2 is 1.87 bits per heavy atom. The Balaban J connectivity index is 1.78. The highest BCUT2D eigenvalue weighted by molar-refractivity contribution is 5.92. The lowest BCUT2D eigenvalue weighted by Crippen LogP contribution is -2.59. The van der Waals surface area contributed by atoms with Crippen LogP contribution in [-0.4, -0.2) is 65.2 Å². The van der Waals surface area contributed by atoms with E-state index in [-0.39, 0.29) is 35.7 Å². The minimum absolute atomic E-state index is 0.0314. The molecular weight excluding hydrogens is 398 g/mol. The molecule has 1 aliphatic heterocycles. The van der Waals surface area contributed by atoms with Gasteiger partial charge in [0.25, 0.3) is 0 Å². The number of piperidine rings is 1. The molecule has 3 aliphatic rings. The van der Waals surface area contributed by atoms with Gasteiger partial charge < -0.3 is 25.8 Å². The standard InChI is InChI=1S/C23H39N3O5/c1-7-31-21(30)17(27)14(10-12-8-9-12)25-19(28)16-15-13(23(15,5)6)11-26(16)20(29)18(24)22(2,3)4/h12-18,27H,7-11,24H2,1-6H3,(H,25,28)/t13-,14?,15-,16-,17?,18+/m0/s1. The van der Waals surface area contributed by atoms with Crippen LogP contribution in [0.3, 0.4) is 0 Å². The van der Waals surface area contributed by atoms with Crippen molar-refractivity contribution < 1.29 is 24.2 Å². The highest BCUT2D eigenvalue weighted by Crippen LogP contribution is 2.65. The molecule has 2 amide bonds. The van der Waals surface area contributed by atoms with Crippen LogP contribution in [0.1, 0.15) is 60.8 Å². The Labute approximate surface area is 185 Å². The molecule has 2 aliphatic carbocycles. The number of nitrogens with one attached hydrogen (secondary N) is 1. The summed E-state index contributed by atoms with van der Waals surface area (Å²) in [6, 6.07) is -2.08. The van der Waals surface area contributed by atoms with Crippen LogP contribution >= 0.6 is 0 Å². The summed E-state index contributed by atoms with van der Waals surface area (Å²) >= 11 is 0. The van der Waals surface area contributed by atoms with Crippen molar-refractivity contribution in [3.8, 4) is 0 Å². The van der Waals surface area contributed by atoms with E-state index in [4.69, 9.17) is 10.5 Å². The van der Waals surface area contributed by atoms with Crippen molar-refractivity contribution in [2.75, 3.05) is 13.2 Å². The van der Waals surface area contributed by atoms with Crippen LogP contribution in [0.15, 0.2) is 0 Å². The number of likely N-dealkylation sites (tertiary alicyclic amines) is 1. The number of esters is 1. The summed E-state index contributed by atoms with van der Waals surface area (Å²) in [5, 5.41) is 13.4. The zero-order valence-corrected chi connectivity index (χ0v) is 19.7. The quantitative estimate of drug-likeness (QED) is 0.488. The number of fused-ring (bicyclic) bond motifs is 1. The molecule has 1 heterocycles. The molecule has 1 saturated heterocycles. The maximum absolute atomic E-state index is 13.4. The Hall–Kier alpha value is -1.67. The predicted molar refractivity (Wildman–Crippen MR) is 116 cm³/mol. The van der Waals surface area contributed by atoms with Crippen LogP contribution in [0.5, 0.6) is 0 Å². The highest BCUT2D eigenvalue weighted by Gasteiger charge is 2.69. The normalized spacial score (nSPS) is 29.5. The van der Waals surface area contributed by atoms with Gasteiger partial charge in [0.2, 0.25) is 11.8 Å². The number of carbonyl (C=O) groups excluding carboxylic acids is 3.